The van der Waals surface area contributed by atoms with E-state index in [1.54, 1.807) is 12.1 Å². The summed E-state index contributed by atoms with van der Waals surface area (Å²) in [6.07, 6.45) is 0.898. The van der Waals surface area contributed by atoms with Gasteiger partial charge in [-0.3, -0.25) is 0 Å². The number of hydrogen-bond acceptors (Lipinski definition) is 2. The average Bonchev–Trinajstić information content (AvgIpc) is 1.52. The van der Waals surface area contributed by atoms with Gasteiger partial charge in [-0.1, -0.05) is 294 Å². The van der Waals surface area contributed by atoms with Crippen LogP contribution in [0.15, 0.2) is 186 Å². The summed E-state index contributed by atoms with van der Waals surface area (Å²) in [7, 11) is 0. The van der Waals surface area contributed by atoms with Crippen LogP contribution in [0.25, 0.3) is 66.4 Å². The van der Waals surface area contributed by atoms with E-state index in [1.807, 2.05) is 65.8 Å². The summed E-state index contributed by atoms with van der Waals surface area (Å²) in [5, 5.41) is 3.68. The van der Waals surface area contributed by atoms with Crippen molar-refractivity contribution in [2.24, 2.45) is 0 Å². The number of rotatable bonds is 1. The first-order valence-corrected chi connectivity index (χ1v) is 34.8. The van der Waals surface area contributed by atoms with Gasteiger partial charge in [0.05, 0.1) is 11.2 Å². The summed E-state index contributed by atoms with van der Waals surface area (Å²) >= 11 is 0. The molecular weight excluding hydrogens is 1180 g/mol. The van der Waals surface area contributed by atoms with Crippen molar-refractivity contribution in [2.45, 2.75) is 228 Å². The molecule has 2 aliphatic carbocycles. The van der Waals surface area contributed by atoms with Gasteiger partial charge in [0.1, 0.15) is 16.9 Å². The fraction of sp³-hybridized carbons (Fsp3) is 0.385. The van der Waals surface area contributed by atoms with E-state index in [0.717, 1.165) is 45.6 Å². The molecule has 1 unspecified atom stereocenters. The van der Waals surface area contributed by atoms with Crippen LogP contribution in [0, 0.1) is 0 Å². The van der Waals surface area contributed by atoms with Crippen LogP contribution in [-0.2, 0) is 55.7 Å². The third kappa shape index (κ3) is 13.8. The first kappa shape index (κ1) is 69.3. The number of alkyl halides is 2. The molecule has 0 saturated heterocycles. The summed E-state index contributed by atoms with van der Waals surface area (Å²) in [5.74, 6) is -1.96. The minimum absolute atomic E-state index is 0.0758. The molecule has 11 aromatic rings. The highest BCUT2D eigenvalue weighted by molar-refractivity contribution is 6.05. The molecule has 0 N–H and O–H groups in total. The Labute approximate surface area is 573 Å². The van der Waals surface area contributed by atoms with E-state index in [0.29, 0.717) is 11.1 Å². The molecule has 0 bridgehead atoms. The lowest BCUT2D eigenvalue weighted by molar-refractivity contribution is 0.0477. The number of hydrogen-bond donors (Lipinski definition) is 0. The molecule has 3 heterocycles. The van der Waals surface area contributed by atoms with Crippen molar-refractivity contribution in [1.29, 1.82) is 0 Å². The molecule has 2 aromatic heterocycles. The predicted octanol–water partition coefficient (Wildman–Crippen LogP) is 26.3. The van der Waals surface area contributed by atoms with E-state index < -0.39 is 5.92 Å². The lowest BCUT2D eigenvalue weighted by Gasteiger charge is -2.31. The highest BCUT2D eigenvalue weighted by atomic mass is 19.3. The Morgan fingerprint density at radius 3 is 1.10 bits per heavy atom. The van der Waals surface area contributed by atoms with E-state index in [1.165, 1.54) is 83.0 Å². The van der Waals surface area contributed by atoms with Crippen molar-refractivity contribution < 1.29 is 17.9 Å². The monoisotopic (exact) mass is 1280 g/mol. The molecule has 9 aromatic carbocycles. The van der Waals surface area contributed by atoms with Gasteiger partial charge >= 0.3 is 0 Å². The first-order chi connectivity index (χ1) is 44.4. The van der Waals surface area contributed by atoms with Gasteiger partial charge in [-0.05, 0) is 182 Å². The van der Waals surface area contributed by atoms with Gasteiger partial charge in [-0.2, -0.15) is 8.78 Å². The molecule has 5 heteroatoms. The van der Waals surface area contributed by atoms with E-state index >= 15 is 8.78 Å². The van der Waals surface area contributed by atoms with Crippen molar-refractivity contribution in [3.05, 3.63) is 254 Å². The van der Waals surface area contributed by atoms with Crippen molar-refractivity contribution in [2.75, 3.05) is 0 Å². The third-order valence-corrected chi connectivity index (χ3v) is 19.9. The summed E-state index contributed by atoms with van der Waals surface area (Å²) in [6.45, 7) is 52.9. The minimum atomic E-state index is -2.92. The standard InChI is InChI=1S/C29H31NO.C21H24F2.C21H26.C20H24O/c1-28(2,3)21-13-15-24-20(16-21)17-25-23-14-12-22(29(4,5)6)18-26(23)31-27(30(24)25)19-10-8-7-9-11-19;1-19(2,3)13-7-9-15-16-10-8-14(20(4,5)6)12-18(16)21(22,23)17(15)11-13;1-20(2,3)16-7-9-18-14(12-16)11-15-13-17(21(4,5)6)8-10-19(15)18;1-19(2,3)13-7-9-15-16-10-8-14(20(4,5)6)12-18(16)21-17(15)11-13/h7-18,27H,1-6H3;7-12H,1-6H3;7-10,12-13H,11H2,1-6H3;7-12H,1-6H3. The number of ether oxygens (including phenoxy) is 1. The van der Waals surface area contributed by atoms with E-state index in [9.17, 15) is 0 Å². The highest BCUT2D eigenvalue weighted by Gasteiger charge is 2.45. The van der Waals surface area contributed by atoms with Crippen molar-refractivity contribution in [3.8, 4) is 39.3 Å². The molecule has 500 valence electrons. The Balaban J connectivity index is 0.000000132. The van der Waals surface area contributed by atoms with Crippen LogP contribution in [0.1, 0.15) is 245 Å². The molecule has 0 radical (unpaired) electrons. The second-order valence-corrected chi connectivity index (χ2v) is 35.8. The molecule has 1 atom stereocenters. The number of benzene rings is 9. The lowest BCUT2D eigenvalue weighted by atomic mass is 9.85. The zero-order chi connectivity index (χ0) is 70.0. The molecular formula is C91H105F2NO2. The molecule has 0 fully saturated rings. The molecule has 1 aliphatic heterocycles. The number of nitrogens with zero attached hydrogens (tertiary/aromatic N) is 1. The fourth-order valence-corrected chi connectivity index (χ4v) is 13.5. The van der Waals surface area contributed by atoms with Crippen LogP contribution in [-0.4, -0.2) is 4.57 Å². The quantitative estimate of drug-likeness (QED) is 0.164. The maximum absolute atomic E-state index is 15.1. The smallest absolute Gasteiger partial charge is 0.299 e. The number of furan rings is 1. The first-order valence-electron chi connectivity index (χ1n) is 34.8. The lowest BCUT2D eigenvalue weighted by Crippen LogP contribution is -2.23. The van der Waals surface area contributed by atoms with Crippen molar-refractivity contribution in [1.82, 2.24) is 4.57 Å². The largest absolute Gasteiger partial charge is 0.465 e. The van der Waals surface area contributed by atoms with Gasteiger partial charge in [0.15, 0.2) is 0 Å². The number of fused-ring (bicyclic) bond motifs is 14. The Morgan fingerprint density at radius 2 is 0.688 bits per heavy atom. The number of halogens is 2. The van der Waals surface area contributed by atoms with Crippen LogP contribution < -0.4 is 4.74 Å². The highest BCUT2D eigenvalue weighted by Crippen LogP contribution is 2.53. The SMILES string of the molecule is CC(C)(C)c1ccc2c(c1)C(F)(F)c1cc(C(C)(C)C)ccc1-2.CC(C)(C)c1ccc2c(c1)Cc1cc(C(C)(C)C)ccc1-2.CC(C)(C)c1ccc2c(c1)OC(c1ccccc1)n1c-2cc2cc(C(C)(C)C)ccc21.CC(C)(C)c1ccc2c(c1)oc1cc(C(C)(C)C)ccc12. The van der Waals surface area contributed by atoms with Crippen LogP contribution in [0.5, 0.6) is 5.75 Å². The molecule has 0 amide bonds. The molecule has 3 aliphatic rings. The van der Waals surface area contributed by atoms with Crippen molar-refractivity contribution >= 4 is 32.8 Å². The second kappa shape index (κ2) is 24.2. The average molecular weight is 1280 g/mol. The zero-order valence-corrected chi connectivity index (χ0v) is 62.1. The Kier molecular flexibility index (Phi) is 17.5. The third-order valence-electron chi connectivity index (χ3n) is 19.9. The van der Waals surface area contributed by atoms with Gasteiger partial charge in [0.25, 0.3) is 5.92 Å². The van der Waals surface area contributed by atoms with Crippen LogP contribution in [0.4, 0.5) is 8.78 Å². The zero-order valence-electron chi connectivity index (χ0n) is 62.1. The Morgan fingerprint density at radius 1 is 0.344 bits per heavy atom. The van der Waals surface area contributed by atoms with E-state index in [2.05, 4.69) is 275 Å². The van der Waals surface area contributed by atoms with Crippen LogP contribution in [0.3, 0.4) is 0 Å². The van der Waals surface area contributed by atoms with Gasteiger partial charge in [-0.15, -0.1) is 0 Å². The maximum atomic E-state index is 15.1. The van der Waals surface area contributed by atoms with Gasteiger partial charge in [0, 0.05) is 38.4 Å². The Hall–Kier alpha value is -8.02. The van der Waals surface area contributed by atoms with Gasteiger partial charge in [-0.25, -0.2) is 0 Å². The summed E-state index contributed by atoms with van der Waals surface area (Å²) in [4.78, 5) is 0. The van der Waals surface area contributed by atoms with Crippen molar-refractivity contribution in [3.63, 3.8) is 0 Å². The molecule has 0 spiro atoms. The summed E-state index contributed by atoms with van der Waals surface area (Å²) < 4.78 is 45.3. The minimum Gasteiger partial charge on any atom is -0.465 e. The molecule has 3 nitrogen and oxygen atoms in total. The fourth-order valence-electron chi connectivity index (χ4n) is 13.5. The number of aromatic nitrogens is 1. The maximum Gasteiger partial charge on any atom is 0.299 e. The Bertz CT molecular complexity index is 4540. The van der Waals surface area contributed by atoms with Crippen LogP contribution >= 0.6 is 0 Å². The topological polar surface area (TPSA) is 27.3 Å². The predicted molar refractivity (Wildman–Crippen MR) is 405 cm³/mol. The molecule has 96 heavy (non-hydrogen) atoms. The van der Waals surface area contributed by atoms with E-state index in [4.69, 9.17) is 9.15 Å². The van der Waals surface area contributed by atoms with Crippen LogP contribution in [0.2, 0.25) is 0 Å². The van der Waals surface area contributed by atoms with Gasteiger partial charge < -0.3 is 13.7 Å². The normalized spacial score (nSPS) is 15.0. The molecule has 0 saturated carbocycles. The summed E-state index contributed by atoms with van der Waals surface area (Å²) in [5.41, 5.74) is 24.8. The molecule has 14 rings (SSSR count). The van der Waals surface area contributed by atoms with Gasteiger partial charge in [0.2, 0.25) is 6.23 Å². The second-order valence-electron chi connectivity index (χ2n) is 35.8. The summed E-state index contributed by atoms with van der Waals surface area (Å²) in [6, 6.07) is 64.7. The van der Waals surface area contributed by atoms with E-state index in [-0.39, 0.29) is 60.7 Å².